The van der Waals surface area contributed by atoms with Crippen molar-refractivity contribution in [1.82, 2.24) is 19.9 Å². The first-order valence-electron chi connectivity index (χ1n) is 9.26. The van der Waals surface area contributed by atoms with Crippen LogP contribution in [0.5, 0.6) is 0 Å². The van der Waals surface area contributed by atoms with E-state index in [1.165, 1.54) is 6.20 Å². The standard InChI is InChI=1S/C21H18N8O2/c22-19(30)17(12-5-2-1-3-6-12)28-16-11-26-18(20(23)31)21(29-16)27-13-9-15-14(25-10-13)7-4-8-24-15/h1-11,17H,(H2,22,30)(H2,23,31)(H2,27,28,29). The van der Waals surface area contributed by atoms with Gasteiger partial charge in [-0.15, -0.1) is 0 Å². The highest BCUT2D eigenvalue weighted by molar-refractivity contribution is 5.96. The fourth-order valence-electron chi connectivity index (χ4n) is 3.00. The second-order valence-electron chi connectivity index (χ2n) is 6.60. The Labute approximate surface area is 176 Å². The summed E-state index contributed by atoms with van der Waals surface area (Å²) in [6, 6.07) is 13.5. The molecule has 0 radical (unpaired) electrons. The van der Waals surface area contributed by atoms with E-state index in [2.05, 4.69) is 30.6 Å². The topological polar surface area (TPSA) is 162 Å². The molecule has 0 spiro atoms. The summed E-state index contributed by atoms with van der Waals surface area (Å²) < 4.78 is 0. The number of hydrogen-bond donors (Lipinski definition) is 4. The summed E-state index contributed by atoms with van der Waals surface area (Å²) in [6.07, 6.45) is 4.54. The molecule has 31 heavy (non-hydrogen) atoms. The van der Waals surface area contributed by atoms with Gasteiger partial charge in [-0.1, -0.05) is 30.3 Å². The monoisotopic (exact) mass is 414 g/mol. The number of nitrogens with two attached hydrogens (primary N) is 2. The maximum atomic E-state index is 12.0. The van der Waals surface area contributed by atoms with Crippen LogP contribution in [0.1, 0.15) is 22.1 Å². The maximum Gasteiger partial charge on any atom is 0.271 e. The number of hydrogen-bond acceptors (Lipinski definition) is 8. The Morgan fingerprint density at radius 2 is 1.71 bits per heavy atom. The number of aromatic nitrogens is 4. The van der Waals surface area contributed by atoms with Crippen molar-refractivity contribution in [2.24, 2.45) is 11.5 Å². The lowest BCUT2D eigenvalue weighted by Gasteiger charge is -2.17. The summed E-state index contributed by atoms with van der Waals surface area (Å²) in [5.74, 6) is -1.02. The van der Waals surface area contributed by atoms with Gasteiger partial charge in [0.2, 0.25) is 5.91 Å². The number of pyridine rings is 2. The van der Waals surface area contributed by atoms with Crippen molar-refractivity contribution < 1.29 is 9.59 Å². The number of fused-ring (bicyclic) bond motifs is 1. The number of anilines is 3. The minimum atomic E-state index is -0.839. The second-order valence-corrected chi connectivity index (χ2v) is 6.60. The molecule has 0 saturated heterocycles. The lowest BCUT2D eigenvalue weighted by Crippen LogP contribution is -2.28. The molecule has 3 aromatic heterocycles. The number of amides is 2. The van der Waals surface area contributed by atoms with Gasteiger partial charge in [-0.2, -0.15) is 0 Å². The van der Waals surface area contributed by atoms with Crippen LogP contribution in [0, 0.1) is 0 Å². The van der Waals surface area contributed by atoms with Crippen LogP contribution in [-0.4, -0.2) is 31.8 Å². The highest BCUT2D eigenvalue weighted by Crippen LogP contribution is 2.23. The van der Waals surface area contributed by atoms with Gasteiger partial charge in [-0.25, -0.2) is 9.97 Å². The summed E-state index contributed by atoms with van der Waals surface area (Å²) >= 11 is 0. The highest BCUT2D eigenvalue weighted by atomic mass is 16.1. The van der Waals surface area contributed by atoms with Gasteiger partial charge in [-0.05, 0) is 23.8 Å². The molecule has 2 amide bonds. The van der Waals surface area contributed by atoms with Crippen molar-refractivity contribution in [3.8, 4) is 0 Å². The molecule has 0 bridgehead atoms. The molecular weight excluding hydrogens is 396 g/mol. The zero-order valence-corrected chi connectivity index (χ0v) is 16.2. The summed E-state index contributed by atoms with van der Waals surface area (Å²) in [6.45, 7) is 0. The predicted molar refractivity (Wildman–Crippen MR) is 115 cm³/mol. The number of rotatable bonds is 7. The van der Waals surface area contributed by atoms with Gasteiger partial charge in [0.25, 0.3) is 5.91 Å². The number of primary amides is 2. The van der Waals surface area contributed by atoms with Crippen LogP contribution in [0.25, 0.3) is 11.0 Å². The quantitative estimate of drug-likeness (QED) is 0.356. The zero-order valence-electron chi connectivity index (χ0n) is 16.2. The Hall–Kier alpha value is -4.60. The molecule has 1 aromatic carbocycles. The molecule has 6 N–H and O–H groups in total. The normalized spacial score (nSPS) is 11.6. The number of nitrogens with zero attached hydrogens (tertiary/aromatic N) is 4. The Balaban J connectivity index is 1.67. The van der Waals surface area contributed by atoms with Gasteiger partial charge < -0.3 is 22.1 Å². The third-order valence-electron chi connectivity index (χ3n) is 4.43. The molecule has 0 saturated carbocycles. The van der Waals surface area contributed by atoms with Crippen molar-refractivity contribution in [1.29, 1.82) is 0 Å². The number of benzene rings is 1. The van der Waals surface area contributed by atoms with E-state index in [1.807, 2.05) is 12.1 Å². The first kappa shape index (κ1) is 19.7. The molecule has 1 atom stereocenters. The maximum absolute atomic E-state index is 12.0. The van der Waals surface area contributed by atoms with E-state index in [1.54, 1.807) is 48.8 Å². The molecule has 4 aromatic rings. The first-order chi connectivity index (χ1) is 15.0. The Morgan fingerprint density at radius 3 is 2.45 bits per heavy atom. The molecule has 4 rings (SSSR count). The van der Waals surface area contributed by atoms with Crippen molar-refractivity contribution in [2.45, 2.75) is 6.04 Å². The molecular formula is C21H18N8O2. The smallest absolute Gasteiger partial charge is 0.271 e. The van der Waals surface area contributed by atoms with E-state index in [0.29, 0.717) is 16.8 Å². The van der Waals surface area contributed by atoms with Gasteiger partial charge in [0.1, 0.15) is 11.9 Å². The van der Waals surface area contributed by atoms with E-state index >= 15 is 0 Å². The molecule has 0 aliphatic rings. The van der Waals surface area contributed by atoms with E-state index in [-0.39, 0.29) is 17.3 Å². The van der Waals surface area contributed by atoms with Crippen LogP contribution in [0.4, 0.5) is 17.3 Å². The first-order valence-corrected chi connectivity index (χ1v) is 9.26. The van der Waals surface area contributed by atoms with Crippen LogP contribution in [0.3, 0.4) is 0 Å². The van der Waals surface area contributed by atoms with Crippen LogP contribution >= 0.6 is 0 Å². The number of nitrogens with one attached hydrogen (secondary N) is 2. The van der Waals surface area contributed by atoms with E-state index in [0.717, 1.165) is 5.52 Å². The molecule has 154 valence electrons. The van der Waals surface area contributed by atoms with Crippen LogP contribution < -0.4 is 22.1 Å². The zero-order chi connectivity index (χ0) is 21.8. The van der Waals surface area contributed by atoms with Gasteiger partial charge in [0.15, 0.2) is 11.5 Å². The summed E-state index contributed by atoms with van der Waals surface area (Å²) in [7, 11) is 0. The lowest BCUT2D eigenvalue weighted by molar-refractivity contribution is -0.118. The van der Waals surface area contributed by atoms with E-state index in [9.17, 15) is 9.59 Å². The van der Waals surface area contributed by atoms with Crippen LogP contribution in [-0.2, 0) is 4.79 Å². The molecule has 0 aliphatic carbocycles. The van der Waals surface area contributed by atoms with Crippen molar-refractivity contribution >= 4 is 40.2 Å². The minimum absolute atomic E-state index is 0.0676. The summed E-state index contributed by atoms with van der Waals surface area (Å²) in [5.41, 5.74) is 13.5. The van der Waals surface area contributed by atoms with Crippen LogP contribution in [0.2, 0.25) is 0 Å². The summed E-state index contributed by atoms with van der Waals surface area (Å²) in [5, 5.41) is 5.94. The molecule has 10 nitrogen and oxygen atoms in total. The molecule has 1 unspecified atom stereocenters. The third kappa shape index (κ3) is 4.37. The summed E-state index contributed by atoms with van der Waals surface area (Å²) in [4.78, 5) is 40.9. The third-order valence-corrected chi connectivity index (χ3v) is 4.43. The van der Waals surface area contributed by atoms with Gasteiger partial charge in [-0.3, -0.25) is 19.6 Å². The fourth-order valence-corrected chi connectivity index (χ4v) is 3.00. The minimum Gasteiger partial charge on any atom is -0.368 e. The van der Waals surface area contributed by atoms with Crippen molar-refractivity contribution in [2.75, 3.05) is 10.6 Å². The van der Waals surface area contributed by atoms with Gasteiger partial charge in [0.05, 0.1) is 29.1 Å². The Morgan fingerprint density at radius 1 is 0.903 bits per heavy atom. The molecule has 3 heterocycles. The predicted octanol–water partition coefficient (Wildman–Crippen LogP) is 1.90. The molecule has 0 fully saturated rings. The van der Waals surface area contributed by atoms with Gasteiger partial charge in [0, 0.05) is 6.20 Å². The Bertz CT molecular complexity index is 1260. The lowest BCUT2D eigenvalue weighted by atomic mass is 10.1. The van der Waals surface area contributed by atoms with E-state index < -0.39 is 17.9 Å². The van der Waals surface area contributed by atoms with E-state index in [4.69, 9.17) is 11.5 Å². The second kappa shape index (κ2) is 8.41. The highest BCUT2D eigenvalue weighted by Gasteiger charge is 2.20. The molecule has 0 aliphatic heterocycles. The van der Waals surface area contributed by atoms with Gasteiger partial charge >= 0.3 is 0 Å². The van der Waals surface area contributed by atoms with Crippen molar-refractivity contribution in [3.05, 3.63) is 78.4 Å². The fraction of sp³-hybridized carbons (Fsp3) is 0.0476. The Kier molecular flexibility index (Phi) is 5.35. The average Bonchev–Trinajstić information content (AvgIpc) is 2.77. The largest absolute Gasteiger partial charge is 0.368 e. The van der Waals surface area contributed by atoms with Crippen molar-refractivity contribution in [3.63, 3.8) is 0 Å². The average molecular weight is 414 g/mol. The van der Waals surface area contributed by atoms with Crippen LogP contribution in [0.15, 0.2) is 67.1 Å². The number of carbonyl (C=O) groups excluding carboxylic acids is 2. The number of carbonyl (C=O) groups is 2. The molecule has 10 heteroatoms. The SMILES string of the molecule is NC(=O)c1ncc(NC(C(N)=O)c2ccccc2)nc1Nc1cnc2cccnc2c1.